The Kier molecular flexibility index (Phi) is 5.69. The van der Waals surface area contributed by atoms with Crippen molar-refractivity contribution in [3.63, 3.8) is 0 Å². The zero-order valence-electron chi connectivity index (χ0n) is 15.1. The van der Waals surface area contributed by atoms with E-state index in [2.05, 4.69) is 34.6 Å². The minimum atomic E-state index is -0.157. The van der Waals surface area contributed by atoms with Gasteiger partial charge in [0, 0.05) is 12.1 Å². The summed E-state index contributed by atoms with van der Waals surface area (Å²) in [4.78, 5) is 12.6. The van der Waals surface area contributed by atoms with Crippen molar-refractivity contribution < 1.29 is 9.53 Å². The second-order valence-electron chi connectivity index (χ2n) is 5.97. The predicted molar refractivity (Wildman–Crippen MR) is 102 cm³/mol. The van der Waals surface area contributed by atoms with E-state index in [0.717, 1.165) is 29.0 Å². The fraction of sp³-hybridized carbons (Fsp3) is 0.238. The number of hydrogen-bond donors (Lipinski definition) is 2. The van der Waals surface area contributed by atoms with E-state index in [4.69, 9.17) is 4.74 Å². The van der Waals surface area contributed by atoms with Crippen molar-refractivity contribution in [2.24, 2.45) is 0 Å². The van der Waals surface area contributed by atoms with Crippen molar-refractivity contribution in [1.29, 1.82) is 0 Å². The lowest BCUT2D eigenvalue weighted by atomic mass is 10.0. The molecule has 2 aromatic carbocycles. The highest BCUT2D eigenvalue weighted by Crippen LogP contribution is 2.22. The number of aromatic amines is 1. The molecule has 5 heteroatoms. The number of aryl methyl sites for hydroxylation is 1. The molecule has 0 saturated heterocycles. The molecule has 0 aliphatic carbocycles. The first-order valence-corrected chi connectivity index (χ1v) is 8.84. The number of hydrogen-bond acceptors (Lipinski definition) is 3. The van der Waals surface area contributed by atoms with Gasteiger partial charge in [0.1, 0.15) is 5.75 Å². The Balaban J connectivity index is 1.71. The molecule has 0 saturated carbocycles. The number of aromatic nitrogens is 2. The van der Waals surface area contributed by atoms with Crippen molar-refractivity contribution in [2.45, 2.75) is 26.8 Å². The molecule has 1 aromatic heterocycles. The number of nitrogens with one attached hydrogen (secondary N) is 2. The molecular formula is C21H23N3O2. The molecule has 0 bridgehead atoms. The summed E-state index contributed by atoms with van der Waals surface area (Å²) in [6.45, 7) is 5.11. The predicted octanol–water partition coefficient (Wildman–Crippen LogP) is 3.97. The molecule has 1 amide bonds. The summed E-state index contributed by atoms with van der Waals surface area (Å²) in [6, 6.07) is 15.9. The molecule has 1 heterocycles. The number of amides is 1. The van der Waals surface area contributed by atoms with Crippen LogP contribution in [0, 0.1) is 0 Å². The van der Waals surface area contributed by atoms with Crippen LogP contribution in [0.3, 0.4) is 0 Å². The summed E-state index contributed by atoms with van der Waals surface area (Å²) in [5.41, 5.74) is 4.46. The van der Waals surface area contributed by atoms with Gasteiger partial charge in [-0.05, 0) is 36.6 Å². The zero-order chi connectivity index (χ0) is 18.4. The van der Waals surface area contributed by atoms with Crippen LogP contribution in [0.1, 0.15) is 35.3 Å². The standard InChI is InChI=1S/C21H23N3O2/c1-3-15-8-10-17(11-9-15)20-19(14-23-24-20)21(25)22-13-16-6-5-7-18(12-16)26-4-2/h5-12,14H,3-4,13H2,1-2H3,(H,22,25)(H,23,24). The fourth-order valence-corrected chi connectivity index (χ4v) is 2.77. The molecule has 3 aromatic rings. The smallest absolute Gasteiger partial charge is 0.255 e. The molecule has 2 N–H and O–H groups in total. The number of carbonyl (C=O) groups is 1. The monoisotopic (exact) mass is 349 g/mol. The largest absolute Gasteiger partial charge is 0.494 e. The van der Waals surface area contributed by atoms with E-state index in [0.29, 0.717) is 18.7 Å². The summed E-state index contributed by atoms with van der Waals surface area (Å²) >= 11 is 0. The maximum atomic E-state index is 12.6. The van der Waals surface area contributed by atoms with Crippen molar-refractivity contribution in [3.05, 3.63) is 71.4 Å². The Bertz CT molecular complexity index is 869. The maximum absolute atomic E-state index is 12.6. The van der Waals surface area contributed by atoms with Gasteiger partial charge >= 0.3 is 0 Å². The van der Waals surface area contributed by atoms with Crippen LogP contribution in [0.25, 0.3) is 11.3 Å². The van der Waals surface area contributed by atoms with E-state index in [1.54, 1.807) is 6.20 Å². The summed E-state index contributed by atoms with van der Waals surface area (Å²) in [7, 11) is 0. The number of H-pyrrole nitrogens is 1. The van der Waals surface area contributed by atoms with Crippen LogP contribution in [0.15, 0.2) is 54.7 Å². The quantitative estimate of drug-likeness (QED) is 0.678. The van der Waals surface area contributed by atoms with Crippen molar-refractivity contribution >= 4 is 5.91 Å². The van der Waals surface area contributed by atoms with Gasteiger partial charge in [0.05, 0.1) is 24.1 Å². The van der Waals surface area contributed by atoms with Crippen LogP contribution in [0.5, 0.6) is 5.75 Å². The van der Waals surface area contributed by atoms with E-state index in [-0.39, 0.29) is 5.91 Å². The maximum Gasteiger partial charge on any atom is 0.255 e. The van der Waals surface area contributed by atoms with Gasteiger partial charge in [-0.15, -0.1) is 0 Å². The number of rotatable bonds is 7. The average Bonchev–Trinajstić information content (AvgIpc) is 3.17. The number of nitrogens with zero attached hydrogens (tertiary/aromatic N) is 1. The number of benzene rings is 2. The molecule has 26 heavy (non-hydrogen) atoms. The molecule has 0 aliphatic heterocycles. The van der Waals surface area contributed by atoms with Crippen LogP contribution in [-0.2, 0) is 13.0 Å². The van der Waals surface area contributed by atoms with Gasteiger partial charge in [0.2, 0.25) is 0 Å². The second kappa shape index (κ2) is 8.34. The lowest BCUT2D eigenvalue weighted by molar-refractivity contribution is 0.0951. The lowest BCUT2D eigenvalue weighted by Gasteiger charge is -2.08. The molecule has 0 atom stereocenters. The Morgan fingerprint density at radius 3 is 2.65 bits per heavy atom. The molecular weight excluding hydrogens is 326 g/mol. The number of carbonyl (C=O) groups excluding carboxylic acids is 1. The highest BCUT2D eigenvalue weighted by Gasteiger charge is 2.15. The normalized spacial score (nSPS) is 10.5. The van der Waals surface area contributed by atoms with Gasteiger partial charge in [-0.25, -0.2) is 0 Å². The van der Waals surface area contributed by atoms with E-state index in [1.165, 1.54) is 5.56 Å². The van der Waals surface area contributed by atoms with Crippen LogP contribution in [0.2, 0.25) is 0 Å². The van der Waals surface area contributed by atoms with E-state index in [9.17, 15) is 4.79 Å². The first kappa shape index (κ1) is 17.7. The van der Waals surface area contributed by atoms with Crippen LogP contribution in [-0.4, -0.2) is 22.7 Å². The van der Waals surface area contributed by atoms with Gasteiger partial charge in [0.25, 0.3) is 5.91 Å². The molecule has 0 fully saturated rings. The van der Waals surface area contributed by atoms with Crippen LogP contribution >= 0.6 is 0 Å². The minimum absolute atomic E-state index is 0.157. The SMILES string of the molecule is CCOc1cccc(CNC(=O)c2cn[nH]c2-c2ccc(CC)cc2)c1. The summed E-state index contributed by atoms with van der Waals surface area (Å²) < 4.78 is 5.49. The van der Waals surface area contributed by atoms with Crippen LogP contribution < -0.4 is 10.1 Å². The van der Waals surface area contributed by atoms with E-state index >= 15 is 0 Å². The van der Waals surface area contributed by atoms with Crippen molar-refractivity contribution in [3.8, 4) is 17.0 Å². The fourth-order valence-electron chi connectivity index (χ4n) is 2.77. The third kappa shape index (κ3) is 4.11. The first-order valence-electron chi connectivity index (χ1n) is 8.84. The summed E-state index contributed by atoms with van der Waals surface area (Å²) in [5, 5.41) is 9.93. The molecule has 0 spiro atoms. The van der Waals surface area contributed by atoms with E-state index < -0.39 is 0 Å². The Labute approximate surface area is 153 Å². The third-order valence-corrected chi connectivity index (χ3v) is 4.20. The van der Waals surface area contributed by atoms with Crippen molar-refractivity contribution in [1.82, 2.24) is 15.5 Å². The average molecular weight is 349 g/mol. The Morgan fingerprint density at radius 2 is 1.92 bits per heavy atom. The molecule has 0 radical (unpaired) electrons. The molecule has 134 valence electrons. The lowest BCUT2D eigenvalue weighted by Crippen LogP contribution is -2.23. The molecule has 5 nitrogen and oxygen atoms in total. The first-order chi connectivity index (χ1) is 12.7. The van der Waals surface area contributed by atoms with Crippen molar-refractivity contribution in [2.75, 3.05) is 6.61 Å². The third-order valence-electron chi connectivity index (χ3n) is 4.20. The highest BCUT2D eigenvalue weighted by molar-refractivity contribution is 5.99. The Hall–Kier alpha value is -3.08. The second-order valence-corrected chi connectivity index (χ2v) is 5.97. The zero-order valence-corrected chi connectivity index (χ0v) is 15.1. The van der Waals surface area contributed by atoms with E-state index in [1.807, 2.05) is 43.3 Å². The highest BCUT2D eigenvalue weighted by atomic mass is 16.5. The van der Waals surface area contributed by atoms with Gasteiger partial charge in [0.15, 0.2) is 0 Å². The number of ether oxygens (including phenoxy) is 1. The molecule has 0 unspecified atom stereocenters. The topological polar surface area (TPSA) is 67.0 Å². The molecule has 0 aliphatic rings. The van der Waals surface area contributed by atoms with Gasteiger partial charge < -0.3 is 10.1 Å². The molecule has 3 rings (SSSR count). The van der Waals surface area contributed by atoms with Crippen LogP contribution in [0.4, 0.5) is 0 Å². The summed E-state index contributed by atoms with van der Waals surface area (Å²) in [6.07, 6.45) is 2.55. The van der Waals surface area contributed by atoms with Gasteiger partial charge in [-0.3, -0.25) is 9.89 Å². The van der Waals surface area contributed by atoms with Gasteiger partial charge in [-0.2, -0.15) is 5.10 Å². The Morgan fingerprint density at radius 1 is 1.12 bits per heavy atom. The summed E-state index contributed by atoms with van der Waals surface area (Å²) in [5.74, 6) is 0.648. The minimum Gasteiger partial charge on any atom is -0.494 e. The van der Waals surface area contributed by atoms with Gasteiger partial charge in [-0.1, -0.05) is 43.3 Å².